The van der Waals surface area contributed by atoms with Crippen molar-refractivity contribution >= 4 is 35.1 Å². The van der Waals surface area contributed by atoms with E-state index in [-0.39, 0.29) is 6.04 Å². The van der Waals surface area contributed by atoms with Crippen molar-refractivity contribution in [3.63, 3.8) is 0 Å². The van der Waals surface area contributed by atoms with E-state index in [1.807, 2.05) is 18.7 Å². The third-order valence-electron chi connectivity index (χ3n) is 2.63. The van der Waals surface area contributed by atoms with Gasteiger partial charge in [-0.15, -0.1) is 11.3 Å². The third-order valence-corrected chi connectivity index (χ3v) is 4.50. The molecule has 1 aromatic heterocycles. The largest absolute Gasteiger partial charge is 0.479 e. The second-order valence-electron chi connectivity index (χ2n) is 4.29. The molecule has 0 aliphatic rings. The van der Waals surface area contributed by atoms with Crippen LogP contribution in [0.1, 0.15) is 31.2 Å². The number of carboxylic acids is 1. The lowest BCUT2D eigenvalue weighted by Crippen LogP contribution is -2.44. The molecular formula is C13H20N2O3S2. The number of thioether (sulfide) groups is 1. The minimum Gasteiger partial charge on any atom is -0.479 e. The van der Waals surface area contributed by atoms with Crippen LogP contribution >= 0.6 is 23.1 Å². The fraction of sp³-hybridized carbons (Fsp3) is 0.538. The molecule has 2 unspecified atom stereocenters. The molecule has 1 heterocycles. The van der Waals surface area contributed by atoms with Crippen molar-refractivity contribution in [3.8, 4) is 0 Å². The van der Waals surface area contributed by atoms with E-state index in [4.69, 9.17) is 5.11 Å². The van der Waals surface area contributed by atoms with E-state index in [0.29, 0.717) is 4.88 Å². The summed E-state index contributed by atoms with van der Waals surface area (Å²) in [7, 11) is 0. The molecule has 2 amide bonds. The highest BCUT2D eigenvalue weighted by atomic mass is 32.2. The Labute approximate surface area is 127 Å². The van der Waals surface area contributed by atoms with Crippen LogP contribution in [-0.4, -0.2) is 34.7 Å². The zero-order valence-corrected chi connectivity index (χ0v) is 13.2. The molecule has 0 aliphatic heterocycles. The fourth-order valence-electron chi connectivity index (χ4n) is 1.58. The summed E-state index contributed by atoms with van der Waals surface area (Å²) in [6, 6.07) is 2.05. The molecule has 2 atom stereocenters. The average molecular weight is 316 g/mol. The molecule has 0 saturated carbocycles. The quantitative estimate of drug-likeness (QED) is 0.644. The Hall–Kier alpha value is -1.21. The third kappa shape index (κ3) is 5.83. The maximum atomic E-state index is 11.8. The Morgan fingerprint density at radius 3 is 2.75 bits per heavy atom. The molecule has 20 heavy (non-hydrogen) atoms. The van der Waals surface area contributed by atoms with E-state index >= 15 is 0 Å². The van der Waals surface area contributed by atoms with Crippen molar-refractivity contribution in [1.29, 1.82) is 0 Å². The van der Waals surface area contributed by atoms with Gasteiger partial charge in [-0.05, 0) is 36.3 Å². The smallest absolute Gasteiger partial charge is 0.331 e. The van der Waals surface area contributed by atoms with Gasteiger partial charge in [-0.3, -0.25) is 0 Å². The predicted molar refractivity (Wildman–Crippen MR) is 83.4 cm³/mol. The number of carboxylic acid groups (broad SMARTS) is 1. The highest BCUT2D eigenvalue weighted by molar-refractivity contribution is 7.99. The predicted octanol–water partition coefficient (Wildman–Crippen LogP) is 2.70. The zero-order valence-electron chi connectivity index (χ0n) is 11.6. The molecule has 0 saturated heterocycles. The van der Waals surface area contributed by atoms with Gasteiger partial charge in [-0.1, -0.05) is 13.0 Å². The van der Waals surface area contributed by atoms with Crippen LogP contribution in [-0.2, 0) is 4.79 Å². The lowest BCUT2D eigenvalue weighted by atomic mass is 10.2. The van der Waals surface area contributed by atoms with Gasteiger partial charge in [-0.2, -0.15) is 11.8 Å². The molecule has 0 radical (unpaired) electrons. The van der Waals surface area contributed by atoms with E-state index in [1.165, 1.54) is 11.3 Å². The molecule has 0 fully saturated rings. The molecule has 5 nitrogen and oxygen atoms in total. The minimum atomic E-state index is -1.06. The normalized spacial score (nSPS) is 13.5. The average Bonchev–Trinajstić information content (AvgIpc) is 2.89. The molecule has 1 rings (SSSR count). The number of carbonyl (C=O) groups is 2. The van der Waals surface area contributed by atoms with Gasteiger partial charge in [0.1, 0.15) is 0 Å². The highest BCUT2D eigenvalue weighted by Crippen LogP contribution is 2.19. The number of nitrogens with one attached hydrogen (secondary N) is 2. The number of rotatable bonds is 8. The zero-order chi connectivity index (χ0) is 15.0. The first-order valence-corrected chi connectivity index (χ1v) is 8.49. The Balaban J connectivity index is 2.45. The summed E-state index contributed by atoms with van der Waals surface area (Å²) < 4.78 is 0. The summed E-state index contributed by atoms with van der Waals surface area (Å²) >= 11 is 3.13. The molecular weight excluding hydrogens is 296 g/mol. The van der Waals surface area contributed by atoms with Crippen LogP contribution in [0.15, 0.2) is 17.5 Å². The van der Waals surface area contributed by atoms with Crippen molar-refractivity contribution < 1.29 is 14.7 Å². The second-order valence-corrected chi connectivity index (χ2v) is 6.66. The van der Waals surface area contributed by atoms with Crippen LogP contribution < -0.4 is 10.6 Å². The molecule has 0 bridgehead atoms. The van der Waals surface area contributed by atoms with Crippen molar-refractivity contribution in [2.45, 2.75) is 32.4 Å². The molecule has 1 aromatic rings. The minimum absolute atomic E-state index is 0.0202. The van der Waals surface area contributed by atoms with E-state index in [2.05, 4.69) is 17.6 Å². The Bertz CT molecular complexity index is 423. The number of carbonyl (C=O) groups excluding carboxylic acids is 1. The number of urea groups is 1. The first-order valence-electron chi connectivity index (χ1n) is 6.45. The second kappa shape index (κ2) is 8.86. The highest BCUT2D eigenvalue weighted by Gasteiger charge is 2.23. The van der Waals surface area contributed by atoms with Crippen molar-refractivity contribution in [2.24, 2.45) is 0 Å². The lowest BCUT2D eigenvalue weighted by molar-refractivity contribution is -0.139. The van der Waals surface area contributed by atoms with Gasteiger partial charge in [0.05, 0.1) is 0 Å². The Morgan fingerprint density at radius 1 is 1.45 bits per heavy atom. The van der Waals surface area contributed by atoms with Gasteiger partial charge >= 0.3 is 12.0 Å². The first-order chi connectivity index (χ1) is 9.54. The van der Waals surface area contributed by atoms with Crippen LogP contribution in [0.3, 0.4) is 0 Å². The van der Waals surface area contributed by atoms with Crippen LogP contribution in [0.2, 0.25) is 0 Å². The van der Waals surface area contributed by atoms with Crippen LogP contribution in [0, 0.1) is 0 Å². The standard InChI is InChI=1S/C13H20N2O3S2/c1-3-19-8-6-9(2)14-13(18)15-11(12(16)17)10-5-4-7-20-10/h4-5,7,9,11H,3,6,8H2,1-2H3,(H,16,17)(H2,14,15,18). The maximum Gasteiger partial charge on any atom is 0.331 e. The molecule has 3 N–H and O–H groups in total. The van der Waals surface area contributed by atoms with Crippen molar-refractivity contribution in [1.82, 2.24) is 10.6 Å². The topological polar surface area (TPSA) is 78.4 Å². The van der Waals surface area contributed by atoms with Gasteiger partial charge in [0.2, 0.25) is 0 Å². The van der Waals surface area contributed by atoms with Gasteiger partial charge < -0.3 is 15.7 Å². The number of thiophene rings is 1. The van der Waals surface area contributed by atoms with Gasteiger partial charge in [0.25, 0.3) is 0 Å². The first kappa shape index (κ1) is 16.8. The lowest BCUT2D eigenvalue weighted by Gasteiger charge is -2.17. The van der Waals surface area contributed by atoms with Crippen molar-refractivity contribution in [3.05, 3.63) is 22.4 Å². The fourth-order valence-corrected chi connectivity index (χ4v) is 3.16. The summed E-state index contributed by atoms with van der Waals surface area (Å²) in [6.45, 7) is 4.00. The van der Waals surface area contributed by atoms with Crippen LogP contribution in [0.5, 0.6) is 0 Å². The molecule has 0 aromatic carbocycles. The van der Waals surface area contributed by atoms with Gasteiger partial charge in [0, 0.05) is 10.9 Å². The number of amides is 2. The summed E-state index contributed by atoms with van der Waals surface area (Å²) in [5.41, 5.74) is 0. The maximum absolute atomic E-state index is 11.8. The van der Waals surface area contributed by atoms with Crippen molar-refractivity contribution in [2.75, 3.05) is 11.5 Å². The SMILES string of the molecule is CCSCCC(C)NC(=O)NC(C(=O)O)c1cccs1. The van der Waals surface area contributed by atoms with E-state index in [1.54, 1.807) is 17.5 Å². The number of hydrogen-bond acceptors (Lipinski definition) is 4. The summed E-state index contributed by atoms with van der Waals surface area (Å²) in [5, 5.41) is 16.2. The summed E-state index contributed by atoms with van der Waals surface area (Å²) in [5.74, 6) is 0.973. The molecule has 0 aliphatic carbocycles. The molecule has 7 heteroatoms. The summed E-state index contributed by atoms with van der Waals surface area (Å²) in [6.07, 6.45) is 0.864. The number of aliphatic carboxylic acids is 1. The summed E-state index contributed by atoms with van der Waals surface area (Å²) in [4.78, 5) is 23.6. The van der Waals surface area contributed by atoms with E-state index in [9.17, 15) is 9.59 Å². The van der Waals surface area contributed by atoms with E-state index < -0.39 is 18.0 Å². The monoisotopic (exact) mass is 316 g/mol. The molecule has 112 valence electrons. The van der Waals surface area contributed by atoms with Gasteiger partial charge in [-0.25, -0.2) is 9.59 Å². The number of hydrogen-bond donors (Lipinski definition) is 3. The van der Waals surface area contributed by atoms with Crippen LogP contribution in [0.4, 0.5) is 4.79 Å². The Morgan fingerprint density at radius 2 is 2.20 bits per heavy atom. The van der Waals surface area contributed by atoms with E-state index in [0.717, 1.165) is 17.9 Å². The van der Waals surface area contributed by atoms with Crippen LogP contribution in [0.25, 0.3) is 0 Å². The molecule has 0 spiro atoms. The van der Waals surface area contributed by atoms with Gasteiger partial charge in [0.15, 0.2) is 6.04 Å². The Kier molecular flexibility index (Phi) is 7.46.